The molecule has 1 amide bonds. The van der Waals surface area contributed by atoms with Crippen LogP contribution in [0.5, 0.6) is 0 Å². The van der Waals surface area contributed by atoms with E-state index in [1.54, 1.807) is 25.1 Å². The van der Waals surface area contributed by atoms with E-state index in [-0.39, 0.29) is 12.3 Å². The zero-order valence-corrected chi connectivity index (χ0v) is 14.3. The average molecular weight is 484 g/mol. The Morgan fingerprint density at radius 2 is 1.95 bits per heavy atom. The third kappa shape index (κ3) is 4.61. The monoisotopic (exact) mass is 484 g/mol. The Morgan fingerprint density at radius 1 is 1.37 bits per heavy atom. The first-order valence-electron chi connectivity index (χ1n) is 5.32. The lowest BCUT2D eigenvalue weighted by atomic mass is 10.2. The molecule has 7 heteroatoms. The summed E-state index contributed by atoms with van der Waals surface area (Å²) in [6, 6.07) is 5.07. The van der Waals surface area contributed by atoms with Crippen LogP contribution >= 0.6 is 45.2 Å². The molecular formula is C12H10I2N2O3. The van der Waals surface area contributed by atoms with Crippen molar-refractivity contribution in [3.63, 3.8) is 0 Å². The molecule has 0 unspecified atom stereocenters. The van der Waals surface area contributed by atoms with Crippen LogP contribution in [0.2, 0.25) is 0 Å². The van der Waals surface area contributed by atoms with E-state index < -0.39 is 5.97 Å². The molecule has 0 aliphatic carbocycles. The third-order valence-corrected chi connectivity index (χ3v) is 3.76. The molecule has 1 aromatic carbocycles. The van der Waals surface area contributed by atoms with E-state index in [4.69, 9.17) is 10.00 Å². The summed E-state index contributed by atoms with van der Waals surface area (Å²) in [6.45, 7) is 2.05. The molecule has 0 fully saturated rings. The number of nitrogens with one attached hydrogen (secondary N) is 1. The van der Waals surface area contributed by atoms with Gasteiger partial charge in [-0.1, -0.05) is 0 Å². The summed E-state index contributed by atoms with van der Waals surface area (Å²) in [5.41, 5.74) is 1.04. The number of amides is 1. The number of carbonyl (C=O) groups excluding carboxylic acids is 2. The standard InChI is InChI=1S/C12H10I2N2O3/c1-2-19-12(18)7-5-8(13)11(9(14)6-7)16-10(17)3-4-15/h5-6H,2-3H2,1H3,(H,16,17). The van der Waals surface area contributed by atoms with Crippen molar-refractivity contribution in [3.8, 4) is 6.07 Å². The van der Waals surface area contributed by atoms with Crippen LogP contribution < -0.4 is 5.32 Å². The van der Waals surface area contributed by atoms with Crippen molar-refractivity contribution < 1.29 is 14.3 Å². The number of anilines is 1. The quantitative estimate of drug-likeness (QED) is 0.527. The predicted molar refractivity (Wildman–Crippen MR) is 86.7 cm³/mol. The highest BCUT2D eigenvalue weighted by Gasteiger charge is 2.14. The number of rotatable bonds is 4. The van der Waals surface area contributed by atoms with Gasteiger partial charge >= 0.3 is 5.97 Å². The number of esters is 1. The van der Waals surface area contributed by atoms with Crippen LogP contribution in [0.3, 0.4) is 0 Å². The molecule has 1 N–H and O–H groups in total. The summed E-state index contributed by atoms with van der Waals surface area (Å²) in [7, 11) is 0. The van der Waals surface area contributed by atoms with Crippen LogP contribution in [0.25, 0.3) is 0 Å². The molecule has 1 aromatic rings. The second kappa shape index (κ2) is 7.64. The molecule has 0 radical (unpaired) electrons. The molecule has 0 spiro atoms. The molecule has 0 aliphatic rings. The highest BCUT2D eigenvalue weighted by molar-refractivity contribution is 14.1. The van der Waals surface area contributed by atoms with Crippen molar-refractivity contribution in [1.29, 1.82) is 5.26 Å². The summed E-state index contributed by atoms with van der Waals surface area (Å²) < 4.78 is 6.36. The number of nitrogens with zero attached hydrogens (tertiary/aromatic N) is 1. The number of ether oxygens (including phenoxy) is 1. The van der Waals surface area contributed by atoms with Crippen LogP contribution in [-0.4, -0.2) is 18.5 Å². The largest absolute Gasteiger partial charge is 0.462 e. The van der Waals surface area contributed by atoms with Gasteiger partial charge in [-0.25, -0.2) is 4.79 Å². The van der Waals surface area contributed by atoms with Crippen LogP contribution in [-0.2, 0) is 9.53 Å². The lowest BCUT2D eigenvalue weighted by Gasteiger charge is -2.10. The minimum absolute atomic E-state index is 0.203. The van der Waals surface area contributed by atoms with Gasteiger partial charge in [0.1, 0.15) is 6.42 Å². The molecule has 0 heterocycles. The first-order chi connectivity index (χ1) is 8.99. The predicted octanol–water partition coefficient (Wildman–Crippen LogP) is 2.92. The minimum atomic E-state index is -0.395. The highest BCUT2D eigenvalue weighted by Crippen LogP contribution is 2.27. The van der Waals surface area contributed by atoms with Gasteiger partial charge in [0.05, 0.1) is 23.9 Å². The number of nitriles is 1. The van der Waals surface area contributed by atoms with Gasteiger partial charge in [0.2, 0.25) is 5.91 Å². The van der Waals surface area contributed by atoms with Gasteiger partial charge in [0, 0.05) is 7.14 Å². The molecule has 0 aliphatic heterocycles. The molecular weight excluding hydrogens is 474 g/mol. The van der Waals surface area contributed by atoms with Crippen LogP contribution in [0.4, 0.5) is 5.69 Å². The fourth-order valence-electron chi connectivity index (χ4n) is 1.28. The Morgan fingerprint density at radius 3 is 2.42 bits per heavy atom. The third-order valence-electron chi connectivity index (χ3n) is 2.06. The molecule has 0 bridgehead atoms. The van der Waals surface area contributed by atoms with Crippen molar-refractivity contribution in [2.24, 2.45) is 0 Å². The van der Waals surface area contributed by atoms with Gasteiger partial charge in [-0.2, -0.15) is 5.26 Å². The van der Waals surface area contributed by atoms with Crippen LogP contribution in [0.1, 0.15) is 23.7 Å². The summed E-state index contributed by atoms with van der Waals surface area (Å²) in [4.78, 5) is 23.0. The normalized spacial score (nSPS) is 9.58. The maximum absolute atomic E-state index is 11.6. The Hall–Kier alpha value is -0.890. The summed E-state index contributed by atoms with van der Waals surface area (Å²) in [6.07, 6.45) is -0.203. The van der Waals surface area contributed by atoms with Crippen LogP contribution in [0, 0.1) is 18.5 Å². The maximum atomic E-state index is 11.6. The molecule has 0 saturated carbocycles. The average Bonchev–Trinajstić information content (AvgIpc) is 2.34. The molecule has 19 heavy (non-hydrogen) atoms. The highest BCUT2D eigenvalue weighted by atomic mass is 127. The van der Waals surface area contributed by atoms with E-state index in [9.17, 15) is 9.59 Å². The van der Waals surface area contributed by atoms with E-state index in [0.29, 0.717) is 17.9 Å². The number of carbonyl (C=O) groups is 2. The van der Waals surface area contributed by atoms with E-state index in [1.807, 2.05) is 45.2 Å². The van der Waals surface area contributed by atoms with E-state index in [2.05, 4.69) is 5.32 Å². The van der Waals surface area contributed by atoms with Gasteiger partial charge < -0.3 is 10.1 Å². The SMILES string of the molecule is CCOC(=O)c1cc(I)c(NC(=O)CC#N)c(I)c1. The molecule has 0 aromatic heterocycles. The Labute approximate surface area is 138 Å². The smallest absolute Gasteiger partial charge is 0.338 e. The number of hydrogen-bond acceptors (Lipinski definition) is 4. The zero-order chi connectivity index (χ0) is 14.4. The Kier molecular flexibility index (Phi) is 6.50. The summed E-state index contributed by atoms with van der Waals surface area (Å²) in [5.74, 6) is -0.768. The van der Waals surface area contributed by atoms with Crippen molar-refractivity contribution in [2.75, 3.05) is 11.9 Å². The number of benzene rings is 1. The molecule has 5 nitrogen and oxygen atoms in total. The summed E-state index contributed by atoms with van der Waals surface area (Å²) in [5, 5.41) is 11.1. The van der Waals surface area contributed by atoms with Gasteiger partial charge in [0.15, 0.2) is 0 Å². The van der Waals surface area contributed by atoms with Crippen molar-refractivity contribution in [1.82, 2.24) is 0 Å². The minimum Gasteiger partial charge on any atom is -0.462 e. The zero-order valence-electron chi connectivity index (χ0n) is 10.00. The molecule has 100 valence electrons. The van der Waals surface area contributed by atoms with Crippen molar-refractivity contribution in [3.05, 3.63) is 24.8 Å². The Balaban J connectivity index is 3.01. The number of hydrogen-bond donors (Lipinski definition) is 1. The van der Waals surface area contributed by atoms with Gasteiger partial charge in [-0.3, -0.25) is 4.79 Å². The van der Waals surface area contributed by atoms with Crippen molar-refractivity contribution in [2.45, 2.75) is 13.3 Å². The number of halogens is 2. The molecule has 0 saturated heterocycles. The second-order valence-electron chi connectivity index (χ2n) is 3.42. The lowest BCUT2D eigenvalue weighted by Crippen LogP contribution is -2.13. The first-order valence-corrected chi connectivity index (χ1v) is 7.48. The van der Waals surface area contributed by atoms with Gasteiger partial charge in [0.25, 0.3) is 0 Å². The van der Waals surface area contributed by atoms with Gasteiger partial charge in [-0.05, 0) is 64.2 Å². The summed E-state index contributed by atoms with van der Waals surface area (Å²) >= 11 is 4.05. The fourth-order valence-corrected chi connectivity index (χ4v) is 3.32. The first kappa shape index (κ1) is 16.2. The van der Waals surface area contributed by atoms with Crippen LogP contribution in [0.15, 0.2) is 12.1 Å². The maximum Gasteiger partial charge on any atom is 0.338 e. The molecule has 1 rings (SSSR count). The van der Waals surface area contributed by atoms with Gasteiger partial charge in [-0.15, -0.1) is 0 Å². The van der Waals surface area contributed by atoms with E-state index in [1.165, 1.54) is 0 Å². The van der Waals surface area contributed by atoms with Crippen molar-refractivity contribution >= 4 is 62.7 Å². The lowest BCUT2D eigenvalue weighted by molar-refractivity contribution is -0.115. The molecule has 0 atom stereocenters. The Bertz CT molecular complexity index is 529. The topological polar surface area (TPSA) is 79.2 Å². The van der Waals surface area contributed by atoms with E-state index >= 15 is 0 Å². The van der Waals surface area contributed by atoms with E-state index in [0.717, 1.165) is 7.14 Å². The second-order valence-corrected chi connectivity index (χ2v) is 5.74. The fraction of sp³-hybridized carbons (Fsp3) is 0.250.